The first kappa shape index (κ1) is 21.3. The Kier molecular flexibility index (Phi) is 6.14. The van der Waals surface area contributed by atoms with E-state index in [1.807, 2.05) is 35.2 Å². The molecule has 0 aromatic heterocycles. The van der Waals surface area contributed by atoms with E-state index in [-0.39, 0.29) is 5.91 Å². The van der Waals surface area contributed by atoms with E-state index in [1.54, 1.807) is 12.1 Å². The molecular weight excluding hydrogens is 398 g/mol. The maximum atomic E-state index is 13.1. The van der Waals surface area contributed by atoms with Crippen molar-refractivity contribution >= 4 is 26.7 Å². The second kappa shape index (κ2) is 8.65. The quantitative estimate of drug-likeness (QED) is 0.794. The maximum Gasteiger partial charge on any atom is 0.277 e. The smallest absolute Gasteiger partial charge is 0.277 e. The fourth-order valence-electron chi connectivity index (χ4n) is 5.05. The molecule has 1 amide bonds. The number of piperazine rings is 1. The van der Waals surface area contributed by atoms with Gasteiger partial charge in [0.2, 0.25) is 10.0 Å². The van der Waals surface area contributed by atoms with Crippen molar-refractivity contribution in [2.24, 2.45) is 11.8 Å². The van der Waals surface area contributed by atoms with E-state index in [1.165, 1.54) is 15.6 Å². The van der Waals surface area contributed by atoms with Gasteiger partial charge in [-0.2, -0.15) is 4.31 Å². The van der Waals surface area contributed by atoms with Crippen LogP contribution in [0.5, 0.6) is 0 Å². The zero-order valence-corrected chi connectivity index (χ0v) is 18.7. The van der Waals surface area contributed by atoms with Crippen molar-refractivity contribution in [3.05, 3.63) is 42.5 Å². The highest BCUT2D eigenvalue weighted by atomic mass is 32.2. The number of carbonyl (C=O) groups excluding carboxylic acids is 1. The Bertz CT molecular complexity index is 1010. The minimum Gasteiger partial charge on any atom is -0.335 e. The van der Waals surface area contributed by atoms with Crippen molar-refractivity contribution in [2.45, 2.75) is 25.2 Å². The number of piperidine rings is 1. The number of quaternary nitrogens is 1. The number of rotatable bonds is 4. The van der Waals surface area contributed by atoms with Gasteiger partial charge in [-0.1, -0.05) is 44.2 Å². The molecule has 30 heavy (non-hydrogen) atoms. The fourth-order valence-corrected chi connectivity index (χ4v) is 6.51. The normalized spacial score (nSPS) is 26.1. The molecule has 7 heteroatoms. The third kappa shape index (κ3) is 4.53. The number of nitrogens with one attached hydrogen (secondary N) is 1. The number of carbonyl (C=O) groups is 1. The van der Waals surface area contributed by atoms with E-state index in [0.717, 1.165) is 23.9 Å². The highest BCUT2D eigenvalue weighted by Gasteiger charge is 2.33. The lowest BCUT2D eigenvalue weighted by Crippen LogP contribution is -3.15. The van der Waals surface area contributed by atoms with E-state index in [2.05, 4.69) is 13.8 Å². The summed E-state index contributed by atoms with van der Waals surface area (Å²) in [5.74, 6) is 1.45. The van der Waals surface area contributed by atoms with E-state index >= 15 is 0 Å². The molecule has 2 saturated heterocycles. The molecule has 6 nitrogen and oxygen atoms in total. The van der Waals surface area contributed by atoms with Crippen molar-refractivity contribution in [3.63, 3.8) is 0 Å². The van der Waals surface area contributed by atoms with Crippen LogP contribution in [0.25, 0.3) is 10.8 Å². The van der Waals surface area contributed by atoms with Crippen LogP contribution in [0.2, 0.25) is 0 Å². The van der Waals surface area contributed by atoms with Gasteiger partial charge in [0.15, 0.2) is 6.54 Å². The second-order valence-corrected chi connectivity index (χ2v) is 11.0. The summed E-state index contributed by atoms with van der Waals surface area (Å²) in [5, 5.41) is 1.94. The number of hydrogen-bond acceptors (Lipinski definition) is 3. The molecule has 3 atom stereocenters. The van der Waals surface area contributed by atoms with Gasteiger partial charge >= 0.3 is 0 Å². The average Bonchev–Trinajstić information content (AvgIpc) is 2.72. The number of nitrogens with zero attached hydrogens (tertiary/aromatic N) is 2. The summed E-state index contributed by atoms with van der Waals surface area (Å²) in [5.41, 5.74) is 0. The van der Waals surface area contributed by atoms with Gasteiger partial charge in [0.25, 0.3) is 5.91 Å². The van der Waals surface area contributed by atoms with E-state index in [9.17, 15) is 13.2 Å². The third-order valence-electron chi connectivity index (χ3n) is 6.43. The van der Waals surface area contributed by atoms with Crippen LogP contribution >= 0.6 is 0 Å². The van der Waals surface area contributed by atoms with Crippen LogP contribution in [0.15, 0.2) is 47.4 Å². The molecule has 4 rings (SSSR count). The molecule has 2 aromatic rings. The number of amides is 1. The summed E-state index contributed by atoms with van der Waals surface area (Å²) in [7, 11) is -3.55. The Morgan fingerprint density at radius 1 is 0.967 bits per heavy atom. The number of benzene rings is 2. The molecule has 2 fully saturated rings. The number of fused-ring (bicyclic) bond motifs is 1. The first-order chi connectivity index (χ1) is 14.3. The van der Waals surface area contributed by atoms with Crippen molar-refractivity contribution in [1.82, 2.24) is 9.21 Å². The van der Waals surface area contributed by atoms with E-state index in [4.69, 9.17) is 0 Å². The van der Waals surface area contributed by atoms with Crippen LogP contribution in [0.4, 0.5) is 0 Å². The molecule has 2 aromatic carbocycles. The summed E-state index contributed by atoms with van der Waals surface area (Å²) in [6.07, 6.45) is 1.24. The number of sulfonamides is 1. The number of hydrogen-bond donors (Lipinski definition) is 1. The molecule has 1 unspecified atom stereocenters. The molecule has 0 bridgehead atoms. The fraction of sp³-hybridized carbons (Fsp3) is 0.522. The van der Waals surface area contributed by atoms with Crippen molar-refractivity contribution < 1.29 is 18.1 Å². The van der Waals surface area contributed by atoms with Gasteiger partial charge in [-0.05, 0) is 29.3 Å². The summed E-state index contributed by atoms with van der Waals surface area (Å²) >= 11 is 0. The Labute approximate surface area is 179 Å². The standard InChI is InChI=1S/C23H31N3O3S/c1-18-13-19(2)16-24(15-18)17-23(27)25-9-11-26(12-10-25)30(28,29)22-8-7-20-5-3-4-6-21(20)14-22/h3-8,14,18-19H,9-13,15-17H2,1-2H3/p+1/t18-,19+. The van der Waals surface area contributed by atoms with Crippen LogP contribution in [0.1, 0.15) is 20.3 Å². The lowest BCUT2D eigenvalue weighted by Gasteiger charge is -2.36. The third-order valence-corrected chi connectivity index (χ3v) is 8.32. The van der Waals surface area contributed by atoms with Crippen molar-refractivity contribution in [1.29, 1.82) is 0 Å². The van der Waals surface area contributed by atoms with E-state index < -0.39 is 10.0 Å². The Morgan fingerprint density at radius 2 is 1.60 bits per heavy atom. The van der Waals surface area contributed by atoms with Crippen molar-refractivity contribution in [3.8, 4) is 0 Å². The molecular formula is C23H32N3O3S+. The molecule has 2 heterocycles. The Hall–Kier alpha value is -1.96. The summed E-state index contributed by atoms with van der Waals surface area (Å²) in [4.78, 5) is 16.3. The monoisotopic (exact) mass is 430 g/mol. The minimum absolute atomic E-state index is 0.147. The van der Waals surface area contributed by atoms with Crippen LogP contribution in [0.3, 0.4) is 0 Å². The summed E-state index contributed by atoms with van der Waals surface area (Å²) in [6, 6.07) is 13.0. The van der Waals surface area contributed by atoms with Crippen molar-refractivity contribution in [2.75, 3.05) is 45.8 Å². The first-order valence-corrected chi connectivity index (χ1v) is 12.4. The van der Waals surface area contributed by atoms with Gasteiger partial charge in [-0.25, -0.2) is 8.42 Å². The molecule has 2 aliphatic heterocycles. The van der Waals surface area contributed by atoms with Crippen LogP contribution in [0, 0.1) is 11.8 Å². The molecule has 2 aliphatic rings. The molecule has 1 N–H and O–H groups in total. The second-order valence-electron chi connectivity index (χ2n) is 9.07. The molecule has 0 saturated carbocycles. The van der Waals surface area contributed by atoms with Crippen LogP contribution in [-0.2, 0) is 14.8 Å². The molecule has 162 valence electrons. The van der Waals surface area contributed by atoms with Gasteiger partial charge in [-0.3, -0.25) is 4.79 Å². The molecule has 0 aliphatic carbocycles. The topological polar surface area (TPSA) is 62.1 Å². The van der Waals surface area contributed by atoms with Gasteiger partial charge in [-0.15, -0.1) is 0 Å². The lowest BCUT2D eigenvalue weighted by molar-refractivity contribution is -0.904. The van der Waals surface area contributed by atoms with Gasteiger partial charge < -0.3 is 9.80 Å². The Morgan fingerprint density at radius 3 is 2.27 bits per heavy atom. The van der Waals surface area contributed by atoms with Crippen LogP contribution in [-0.4, -0.2) is 69.3 Å². The minimum atomic E-state index is -3.55. The zero-order chi connectivity index (χ0) is 21.3. The van der Waals surface area contributed by atoms with Gasteiger partial charge in [0.1, 0.15) is 0 Å². The van der Waals surface area contributed by atoms with Gasteiger partial charge in [0, 0.05) is 38.0 Å². The lowest BCUT2D eigenvalue weighted by atomic mass is 9.92. The maximum absolute atomic E-state index is 13.1. The number of likely N-dealkylation sites (tertiary alicyclic amines) is 1. The highest BCUT2D eigenvalue weighted by molar-refractivity contribution is 7.89. The molecule has 0 spiro atoms. The van der Waals surface area contributed by atoms with Crippen LogP contribution < -0.4 is 4.90 Å². The predicted molar refractivity (Wildman–Crippen MR) is 118 cm³/mol. The first-order valence-electron chi connectivity index (χ1n) is 10.9. The SMILES string of the molecule is C[C@@H]1C[C@H](C)C[NH+](CC(=O)N2CCN(S(=O)(=O)c3ccc4ccccc4c3)CC2)C1. The average molecular weight is 431 g/mol. The summed E-state index contributed by atoms with van der Waals surface area (Å²) < 4.78 is 27.7. The van der Waals surface area contributed by atoms with E-state index in [0.29, 0.717) is 49.5 Å². The summed E-state index contributed by atoms with van der Waals surface area (Å²) in [6.45, 7) is 8.76. The largest absolute Gasteiger partial charge is 0.335 e. The Balaban J connectivity index is 1.37. The highest BCUT2D eigenvalue weighted by Crippen LogP contribution is 2.23. The zero-order valence-electron chi connectivity index (χ0n) is 17.9. The molecule has 0 radical (unpaired) electrons. The predicted octanol–water partition coefficient (Wildman–Crippen LogP) is 1.23. The van der Waals surface area contributed by atoms with Gasteiger partial charge in [0.05, 0.1) is 18.0 Å².